The Labute approximate surface area is 179 Å². The predicted octanol–water partition coefficient (Wildman–Crippen LogP) is 0.647. The van der Waals surface area contributed by atoms with Gasteiger partial charge in [-0.1, -0.05) is 0 Å². The summed E-state index contributed by atoms with van der Waals surface area (Å²) in [4.78, 5) is 3.60. The predicted molar refractivity (Wildman–Crippen MR) is 114 cm³/mol. The van der Waals surface area contributed by atoms with Gasteiger partial charge in [0.25, 0.3) is 0 Å². The first-order valence-corrected chi connectivity index (χ1v) is 9.68. The third-order valence-corrected chi connectivity index (χ3v) is 4.16. The Balaban J connectivity index is 0.00000784. The zero-order valence-corrected chi connectivity index (χ0v) is 18.5. The molecule has 0 aliphatic carbocycles. The smallest absolute Gasteiger partial charge is 0.120 e. The highest BCUT2D eigenvalue weighted by Crippen LogP contribution is 2.29. The Morgan fingerprint density at radius 3 is 1.07 bits per heavy atom. The lowest BCUT2D eigenvalue weighted by Gasteiger charge is -2.27. The molecule has 0 saturated heterocycles. The number of hydrogen-bond acceptors (Lipinski definition) is 8. The summed E-state index contributed by atoms with van der Waals surface area (Å²) in [5, 5.41) is 59.4. The van der Waals surface area contributed by atoms with Crippen LogP contribution in [0.5, 0.6) is 11.5 Å². The molecule has 1 aromatic carbocycles. The van der Waals surface area contributed by atoms with Gasteiger partial charge in [0.1, 0.15) is 11.5 Å². The molecule has 0 spiro atoms. The minimum atomic E-state index is -0.594. The van der Waals surface area contributed by atoms with Gasteiger partial charge in [-0.2, -0.15) is 0 Å². The van der Waals surface area contributed by atoms with Crippen molar-refractivity contribution in [1.82, 2.24) is 9.80 Å². The summed E-state index contributed by atoms with van der Waals surface area (Å²) in [6.45, 7) is 8.41. The molecule has 0 radical (unpaired) electrons. The van der Waals surface area contributed by atoms with Crippen LogP contribution in [-0.2, 0) is 13.1 Å². The van der Waals surface area contributed by atoms with E-state index in [1.807, 2.05) is 0 Å². The summed E-state index contributed by atoms with van der Waals surface area (Å²) in [5.74, 6) is 0.00561. The first-order chi connectivity index (χ1) is 13.0. The quantitative estimate of drug-likeness (QED) is 0.263. The highest BCUT2D eigenvalue weighted by molar-refractivity contribution is 5.85. The zero-order chi connectivity index (χ0) is 21.4. The van der Waals surface area contributed by atoms with E-state index in [9.17, 15) is 30.6 Å². The molecule has 1 rings (SSSR count). The number of phenolic OH excluding ortho intramolecular Hbond substituents is 2. The van der Waals surface area contributed by atoms with Crippen LogP contribution in [0.15, 0.2) is 12.1 Å². The van der Waals surface area contributed by atoms with Crippen LogP contribution in [0.3, 0.4) is 0 Å². The van der Waals surface area contributed by atoms with Crippen LogP contribution in [0.25, 0.3) is 0 Å². The van der Waals surface area contributed by atoms with Gasteiger partial charge in [0.2, 0.25) is 0 Å². The van der Waals surface area contributed by atoms with Crippen molar-refractivity contribution in [3.63, 3.8) is 0 Å². The van der Waals surface area contributed by atoms with Crippen molar-refractivity contribution < 1.29 is 30.6 Å². The third-order valence-electron chi connectivity index (χ3n) is 4.16. The fourth-order valence-corrected chi connectivity index (χ4v) is 3.30. The van der Waals surface area contributed by atoms with E-state index in [-0.39, 0.29) is 37.0 Å². The summed E-state index contributed by atoms with van der Waals surface area (Å²) in [6, 6.07) is 2.95. The Hall–Kier alpha value is -1.13. The summed E-state index contributed by atoms with van der Waals surface area (Å²) in [7, 11) is 0. The average Bonchev–Trinajstić information content (AvgIpc) is 2.49. The lowest BCUT2D eigenvalue weighted by atomic mass is 10.1. The molecule has 4 unspecified atom stereocenters. The summed E-state index contributed by atoms with van der Waals surface area (Å²) >= 11 is 0. The lowest BCUT2D eigenvalue weighted by Crippen LogP contribution is -2.36. The van der Waals surface area contributed by atoms with E-state index in [4.69, 9.17) is 0 Å². The lowest BCUT2D eigenvalue weighted by molar-refractivity contribution is 0.0775. The molecule has 0 amide bonds. The number of benzene rings is 1. The molecule has 9 heteroatoms. The second-order valence-corrected chi connectivity index (χ2v) is 7.89. The van der Waals surface area contributed by atoms with Gasteiger partial charge in [0, 0.05) is 50.4 Å². The van der Waals surface area contributed by atoms with E-state index in [1.165, 1.54) is 12.1 Å². The molecule has 0 aromatic heterocycles. The number of aliphatic hydroxyl groups excluding tert-OH is 4. The number of hydrogen-bond donors (Lipinski definition) is 6. The van der Waals surface area contributed by atoms with Crippen LogP contribution in [0, 0.1) is 0 Å². The number of aromatic hydroxyl groups is 2. The molecule has 0 heterocycles. The van der Waals surface area contributed by atoms with Crippen LogP contribution >= 0.6 is 12.4 Å². The fraction of sp³-hybridized carbons (Fsp3) is 0.700. The van der Waals surface area contributed by atoms with E-state index in [0.29, 0.717) is 37.3 Å². The van der Waals surface area contributed by atoms with Gasteiger partial charge in [-0.3, -0.25) is 9.80 Å². The fourth-order valence-electron chi connectivity index (χ4n) is 3.30. The second-order valence-electron chi connectivity index (χ2n) is 7.89. The van der Waals surface area contributed by atoms with E-state index in [1.54, 1.807) is 37.5 Å². The van der Waals surface area contributed by atoms with Gasteiger partial charge >= 0.3 is 0 Å². The van der Waals surface area contributed by atoms with Crippen molar-refractivity contribution in [1.29, 1.82) is 0 Å². The van der Waals surface area contributed by atoms with E-state index in [0.717, 1.165) is 0 Å². The maximum Gasteiger partial charge on any atom is 0.120 e. The molecule has 1 aromatic rings. The molecule has 0 saturated carbocycles. The number of aliphatic hydroxyl groups is 4. The molecular formula is C20H37ClN2O6. The Morgan fingerprint density at radius 1 is 0.621 bits per heavy atom. The van der Waals surface area contributed by atoms with Crippen LogP contribution in [0.4, 0.5) is 0 Å². The molecule has 29 heavy (non-hydrogen) atoms. The van der Waals surface area contributed by atoms with Crippen molar-refractivity contribution in [3.05, 3.63) is 23.3 Å². The van der Waals surface area contributed by atoms with Gasteiger partial charge in [0.05, 0.1) is 24.4 Å². The third kappa shape index (κ3) is 11.0. The Bertz CT molecular complexity index is 527. The summed E-state index contributed by atoms with van der Waals surface area (Å²) in [5.41, 5.74) is 0.973. The Kier molecular flexibility index (Phi) is 12.7. The largest absolute Gasteiger partial charge is 0.508 e. The Morgan fingerprint density at radius 2 is 0.862 bits per heavy atom. The first kappa shape index (κ1) is 27.9. The minimum Gasteiger partial charge on any atom is -0.508 e. The molecule has 0 aliphatic heterocycles. The first-order valence-electron chi connectivity index (χ1n) is 9.68. The van der Waals surface area contributed by atoms with Crippen molar-refractivity contribution in [2.45, 2.75) is 65.2 Å². The zero-order valence-electron chi connectivity index (χ0n) is 17.7. The van der Waals surface area contributed by atoms with Crippen molar-refractivity contribution in [2.24, 2.45) is 0 Å². The molecule has 0 bridgehead atoms. The normalized spacial score (nSPS) is 15.8. The van der Waals surface area contributed by atoms with Crippen molar-refractivity contribution >= 4 is 12.4 Å². The molecule has 6 N–H and O–H groups in total. The maximum atomic E-state index is 10.4. The molecule has 0 aliphatic rings. The molecular weight excluding hydrogens is 400 g/mol. The molecule has 170 valence electrons. The monoisotopic (exact) mass is 436 g/mol. The van der Waals surface area contributed by atoms with E-state index < -0.39 is 24.4 Å². The van der Waals surface area contributed by atoms with E-state index in [2.05, 4.69) is 0 Å². The van der Waals surface area contributed by atoms with Crippen LogP contribution < -0.4 is 0 Å². The second kappa shape index (κ2) is 13.2. The van der Waals surface area contributed by atoms with Crippen LogP contribution in [-0.4, -0.2) is 91.0 Å². The minimum absolute atomic E-state index is 0. The van der Waals surface area contributed by atoms with Crippen molar-refractivity contribution in [2.75, 3.05) is 26.2 Å². The van der Waals surface area contributed by atoms with Crippen molar-refractivity contribution in [3.8, 4) is 11.5 Å². The number of halogens is 1. The summed E-state index contributed by atoms with van der Waals surface area (Å²) in [6.07, 6.45) is -2.38. The van der Waals surface area contributed by atoms with Gasteiger partial charge < -0.3 is 30.6 Å². The van der Waals surface area contributed by atoms with Crippen LogP contribution in [0.2, 0.25) is 0 Å². The SMILES string of the molecule is CC(O)CN(Cc1cc(O)c(CN(CC(C)O)CC(C)O)cc1O)CC(C)O.Cl. The standard InChI is InChI=1S/C20H36N2O6.ClH/c1-13(23)7-21(8-14(2)24)11-17-5-20(28)18(6-19(17)27)12-22(9-15(3)25)10-16(4)26;/h5-6,13-16,23-28H,7-12H2,1-4H3;1H. The average molecular weight is 437 g/mol. The number of rotatable bonds is 12. The highest BCUT2D eigenvalue weighted by atomic mass is 35.5. The number of phenols is 2. The molecule has 4 atom stereocenters. The molecule has 8 nitrogen and oxygen atoms in total. The maximum absolute atomic E-state index is 10.4. The number of nitrogens with zero attached hydrogens (tertiary/aromatic N) is 2. The van der Waals surface area contributed by atoms with Crippen LogP contribution in [0.1, 0.15) is 38.8 Å². The highest BCUT2D eigenvalue weighted by Gasteiger charge is 2.18. The van der Waals surface area contributed by atoms with Gasteiger partial charge in [0.15, 0.2) is 0 Å². The van der Waals surface area contributed by atoms with Gasteiger partial charge in [-0.15, -0.1) is 12.4 Å². The van der Waals surface area contributed by atoms with Gasteiger partial charge in [-0.25, -0.2) is 0 Å². The topological polar surface area (TPSA) is 128 Å². The van der Waals surface area contributed by atoms with E-state index >= 15 is 0 Å². The summed E-state index contributed by atoms with van der Waals surface area (Å²) < 4.78 is 0. The molecule has 0 fully saturated rings. The van der Waals surface area contributed by atoms with Gasteiger partial charge in [-0.05, 0) is 39.8 Å².